The van der Waals surface area contributed by atoms with E-state index in [0.29, 0.717) is 23.2 Å². The number of pyridine rings is 1. The number of nitrogens with zero attached hydrogens (tertiary/aromatic N) is 4. The van der Waals surface area contributed by atoms with Crippen molar-refractivity contribution >= 4 is 33.3 Å². The molecular formula is C15H10N4OS2. The summed E-state index contributed by atoms with van der Waals surface area (Å²) in [6.07, 6.45) is 1.70. The van der Waals surface area contributed by atoms with Gasteiger partial charge in [0.2, 0.25) is 5.89 Å². The van der Waals surface area contributed by atoms with Crippen molar-refractivity contribution < 1.29 is 4.42 Å². The molecule has 0 radical (unpaired) electrons. The molecule has 0 bridgehead atoms. The summed E-state index contributed by atoms with van der Waals surface area (Å²) in [5.74, 6) is 1.62. The molecule has 22 heavy (non-hydrogen) atoms. The molecule has 5 nitrogen and oxygen atoms in total. The molecule has 0 aliphatic rings. The Morgan fingerprint density at radius 1 is 1.05 bits per heavy atom. The molecule has 3 heterocycles. The van der Waals surface area contributed by atoms with E-state index in [1.807, 2.05) is 36.4 Å². The summed E-state index contributed by atoms with van der Waals surface area (Å²) in [6.45, 7) is 0. The molecule has 0 amide bonds. The van der Waals surface area contributed by atoms with Crippen LogP contribution < -0.4 is 0 Å². The first kappa shape index (κ1) is 13.4. The Kier molecular flexibility index (Phi) is 3.57. The number of rotatable bonds is 4. The Morgan fingerprint density at radius 3 is 2.82 bits per heavy atom. The molecule has 1 aromatic carbocycles. The van der Waals surface area contributed by atoms with Crippen LogP contribution in [0.25, 0.3) is 21.8 Å². The highest BCUT2D eigenvalue weighted by Crippen LogP contribution is 2.31. The van der Waals surface area contributed by atoms with Gasteiger partial charge in [0.1, 0.15) is 5.69 Å². The van der Waals surface area contributed by atoms with Crippen LogP contribution in [0.2, 0.25) is 0 Å². The smallest absolute Gasteiger partial charge is 0.266 e. The van der Waals surface area contributed by atoms with Crippen LogP contribution in [-0.4, -0.2) is 20.2 Å². The summed E-state index contributed by atoms with van der Waals surface area (Å²) >= 11 is 3.27. The van der Waals surface area contributed by atoms with Gasteiger partial charge in [0.15, 0.2) is 4.34 Å². The Hall–Kier alpha value is -2.25. The highest BCUT2D eigenvalue weighted by Gasteiger charge is 2.11. The normalized spacial score (nSPS) is 11.1. The highest BCUT2D eigenvalue weighted by atomic mass is 32.2. The van der Waals surface area contributed by atoms with Crippen LogP contribution in [0.15, 0.2) is 57.4 Å². The van der Waals surface area contributed by atoms with Crippen LogP contribution in [0.5, 0.6) is 0 Å². The number of benzene rings is 1. The SMILES string of the molecule is c1ccc(-c2nnc(CSc3nc4ccccc4s3)o2)nc1. The quantitative estimate of drug-likeness (QED) is 0.527. The number of thioether (sulfide) groups is 1. The second kappa shape index (κ2) is 5.86. The van der Waals surface area contributed by atoms with Crippen molar-refractivity contribution in [2.24, 2.45) is 0 Å². The summed E-state index contributed by atoms with van der Waals surface area (Å²) in [7, 11) is 0. The number of aromatic nitrogens is 4. The van der Waals surface area contributed by atoms with Crippen molar-refractivity contribution in [2.75, 3.05) is 0 Å². The van der Waals surface area contributed by atoms with Gasteiger partial charge < -0.3 is 4.42 Å². The van der Waals surface area contributed by atoms with E-state index in [1.165, 1.54) is 4.70 Å². The third kappa shape index (κ3) is 2.72. The first-order valence-corrected chi connectivity index (χ1v) is 8.41. The lowest BCUT2D eigenvalue weighted by atomic mass is 10.3. The molecule has 0 atom stereocenters. The first-order valence-electron chi connectivity index (χ1n) is 6.61. The van der Waals surface area contributed by atoms with Gasteiger partial charge in [-0.05, 0) is 24.3 Å². The predicted octanol–water partition coefficient (Wildman–Crippen LogP) is 4.03. The molecule has 0 aliphatic heterocycles. The van der Waals surface area contributed by atoms with Gasteiger partial charge in [-0.3, -0.25) is 4.98 Å². The minimum atomic E-state index is 0.445. The van der Waals surface area contributed by atoms with Gasteiger partial charge in [0.25, 0.3) is 5.89 Å². The maximum atomic E-state index is 5.64. The topological polar surface area (TPSA) is 64.7 Å². The summed E-state index contributed by atoms with van der Waals surface area (Å²) < 4.78 is 7.82. The lowest BCUT2D eigenvalue weighted by molar-refractivity contribution is 0.526. The van der Waals surface area contributed by atoms with Gasteiger partial charge in [0, 0.05) is 6.20 Å². The largest absolute Gasteiger partial charge is 0.418 e. The number of hydrogen-bond donors (Lipinski definition) is 0. The van der Waals surface area contributed by atoms with Crippen LogP contribution in [0.1, 0.15) is 5.89 Å². The van der Waals surface area contributed by atoms with Crippen LogP contribution in [-0.2, 0) is 5.75 Å². The first-order chi connectivity index (χ1) is 10.9. The van der Waals surface area contributed by atoms with Gasteiger partial charge >= 0.3 is 0 Å². The Morgan fingerprint density at radius 2 is 1.95 bits per heavy atom. The lowest BCUT2D eigenvalue weighted by Gasteiger charge is -1.92. The van der Waals surface area contributed by atoms with Gasteiger partial charge in [-0.1, -0.05) is 30.0 Å². The van der Waals surface area contributed by atoms with Crippen molar-refractivity contribution in [3.05, 3.63) is 54.6 Å². The molecule has 4 rings (SSSR count). The van der Waals surface area contributed by atoms with Crippen LogP contribution in [0.3, 0.4) is 0 Å². The number of fused-ring (bicyclic) bond motifs is 1. The molecule has 108 valence electrons. The zero-order chi connectivity index (χ0) is 14.8. The average Bonchev–Trinajstić information content (AvgIpc) is 3.20. The van der Waals surface area contributed by atoms with Crippen molar-refractivity contribution in [3.63, 3.8) is 0 Å². The van der Waals surface area contributed by atoms with E-state index >= 15 is 0 Å². The monoisotopic (exact) mass is 326 g/mol. The van der Waals surface area contributed by atoms with Crippen LogP contribution >= 0.6 is 23.1 Å². The van der Waals surface area contributed by atoms with E-state index in [-0.39, 0.29) is 0 Å². The van der Waals surface area contributed by atoms with Crippen LogP contribution in [0.4, 0.5) is 0 Å². The van der Waals surface area contributed by atoms with E-state index in [4.69, 9.17) is 4.42 Å². The summed E-state index contributed by atoms with van der Waals surface area (Å²) in [4.78, 5) is 8.77. The van der Waals surface area contributed by atoms with Crippen molar-refractivity contribution in [2.45, 2.75) is 10.1 Å². The summed E-state index contributed by atoms with van der Waals surface area (Å²) in [5.41, 5.74) is 1.71. The second-order valence-electron chi connectivity index (χ2n) is 4.45. The Labute approximate surface area is 134 Å². The molecule has 0 spiro atoms. The van der Waals surface area contributed by atoms with E-state index in [2.05, 4.69) is 26.2 Å². The second-order valence-corrected chi connectivity index (χ2v) is 6.71. The Balaban J connectivity index is 1.49. The lowest BCUT2D eigenvalue weighted by Crippen LogP contribution is -1.80. The van der Waals surface area contributed by atoms with Crippen LogP contribution in [0, 0.1) is 0 Å². The molecular weight excluding hydrogens is 316 g/mol. The molecule has 7 heteroatoms. The highest BCUT2D eigenvalue weighted by molar-refractivity contribution is 8.00. The van der Waals surface area contributed by atoms with E-state index in [0.717, 1.165) is 9.86 Å². The minimum absolute atomic E-state index is 0.445. The molecule has 4 aromatic rings. The third-order valence-electron chi connectivity index (χ3n) is 2.94. The fourth-order valence-electron chi connectivity index (χ4n) is 1.94. The molecule has 0 unspecified atom stereocenters. The summed E-state index contributed by atoms with van der Waals surface area (Å²) in [5, 5.41) is 8.09. The van der Waals surface area contributed by atoms with Gasteiger partial charge in [-0.15, -0.1) is 21.5 Å². The minimum Gasteiger partial charge on any atom is -0.418 e. The molecule has 0 saturated heterocycles. The van der Waals surface area contributed by atoms with Crippen molar-refractivity contribution in [3.8, 4) is 11.6 Å². The maximum Gasteiger partial charge on any atom is 0.266 e. The van der Waals surface area contributed by atoms with E-state index in [1.54, 1.807) is 29.3 Å². The standard InChI is InChI=1S/C15H10N4OS2/c1-2-7-12-10(5-1)17-15(22-12)21-9-13-18-19-14(20-13)11-6-3-4-8-16-11/h1-8H,9H2. The average molecular weight is 326 g/mol. The predicted molar refractivity (Wildman–Crippen MR) is 86.7 cm³/mol. The zero-order valence-electron chi connectivity index (χ0n) is 11.3. The number of hydrogen-bond acceptors (Lipinski definition) is 7. The fourth-order valence-corrected chi connectivity index (χ4v) is 3.85. The Bertz CT molecular complexity index is 871. The molecule has 3 aromatic heterocycles. The number of para-hydroxylation sites is 1. The molecule has 0 aliphatic carbocycles. The summed E-state index contributed by atoms with van der Waals surface area (Å²) in [6, 6.07) is 13.7. The van der Waals surface area contributed by atoms with Crippen molar-refractivity contribution in [1.82, 2.24) is 20.2 Å². The van der Waals surface area contributed by atoms with E-state index in [9.17, 15) is 0 Å². The van der Waals surface area contributed by atoms with E-state index < -0.39 is 0 Å². The fraction of sp³-hybridized carbons (Fsp3) is 0.0667. The maximum absolute atomic E-state index is 5.64. The molecule has 0 saturated carbocycles. The molecule has 0 N–H and O–H groups in total. The van der Waals surface area contributed by atoms with Crippen molar-refractivity contribution in [1.29, 1.82) is 0 Å². The van der Waals surface area contributed by atoms with Gasteiger partial charge in [-0.2, -0.15) is 0 Å². The van der Waals surface area contributed by atoms with Gasteiger partial charge in [0.05, 0.1) is 16.0 Å². The molecule has 0 fully saturated rings. The third-order valence-corrected chi connectivity index (χ3v) is 5.11. The number of thiazole rings is 1. The van der Waals surface area contributed by atoms with Gasteiger partial charge in [-0.25, -0.2) is 4.98 Å². The zero-order valence-corrected chi connectivity index (χ0v) is 13.0.